The highest BCUT2D eigenvalue weighted by Crippen LogP contribution is 2.15. The largest absolute Gasteiger partial charge is 0.396 e. The zero-order chi connectivity index (χ0) is 11.8. The zero-order valence-electron chi connectivity index (χ0n) is 9.52. The molecule has 6 nitrogen and oxygen atoms in total. The summed E-state index contributed by atoms with van der Waals surface area (Å²) < 4.78 is 0. The van der Waals surface area contributed by atoms with Crippen LogP contribution in [-0.2, 0) is 6.54 Å². The van der Waals surface area contributed by atoms with E-state index >= 15 is 0 Å². The minimum atomic E-state index is 0.283. The maximum atomic E-state index is 8.65. The van der Waals surface area contributed by atoms with E-state index < -0.39 is 0 Å². The average Bonchev–Trinajstić information content (AvgIpc) is 2.72. The van der Waals surface area contributed by atoms with E-state index in [0.717, 1.165) is 37.4 Å². The number of unbranched alkanes of at least 4 members (excludes halogenated alkanes) is 2. The van der Waals surface area contributed by atoms with Crippen LogP contribution in [0.2, 0.25) is 0 Å². The van der Waals surface area contributed by atoms with E-state index in [0.29, 0.717) is 5.13 Å². The van der Waals surface area contributed by atoms with Gasteiger partial charge in [-0.25, -0.2) is 5.84 Å². The average molecular weight is 245 g/mol. The van der Waals surface area contributed by atoms with Crippen molar-refractivity contribution in [1.29, 1.82) is 0 Å². The number of nitrogen functional groups attached to an aromatic ring is 1. The Bertz CT molecular complexity index is 293. The van der Waals surface area contributed by atoms with Gasteiger partial charge in [-0.05, 0) is 32.9 Å². The second-order valence-electron chi connectivity index (χ2n) is 3.67. The van der Waals surface area contributed by atoms with Gasteiger partial charge in [0, 0.05) is 6.61 Å². The van der Waals surface area contributed by atoms with Crippen molar-refractivity contribution in [2.75, 3.05) is 25.6 Å². The lowest BCUT2D eigenvalue weighted by molar-refractivity contribution is 0.271. The number of hydrogen-bond donors (Lipinski definition) is 3. The van der Waals surface area contributed by atoms with Gasteiger partial charge < -0.3 is 5.11 Å². The smallest absolute Gasteiger partial charge is 0.219 e. The first kappa shape index (κ1) is 13.3. The lowest BCUT2D eigenvalue weighted by atomic mass is 10.2. The van der Waals surface area contributed by atoms with Crippen molar-refractivity contribution in [2.45, 2.75) is 25.8 Å². The van der Waals surface area contributed by atoms with Crippen molar-refractivity contribution in [3.05, 3.63) is 5.01 Å². The van der Waals surface area contributed by atoms with E-state index in [2.05, 4.69) is 27.6 Å². The minimum absolute atomic E-state index is 0.283. The van der Waals surface area contributed by atoms with Gasteiger partial charge in [-0.2, -0.15) is 0 Å². The fourth-order valence-electron chi connectivity index (χ4n) is 1.36. The molecular formula is C9H19N5OS. The summed E-state index contributed by atoms with van der Waals surface area (Å²) in [6, 6.07) is 0. The van der Waals surface area contributed by atoms with Crippen molar-refractivity contribution in [2.24, 2.45) is 5.84 Å². The fourth-order valence-corrected chi connectivity index (χ4v) is 2.09. The summed E-state index contributed by atoms with van der Waals surface area (Å²) in [5.74, 6) is 5.23. The summed E-state index contributed by atoms with van der Waals surface area (Å²) in [5, 5.41) is 18.1. The molecule has 1 aromatic rings. The van der Waals surface area contributed by atoms with E-state index in [1.54, 1.807) is 0 Å². The molecule has 1 aromatic heterocycles. The number of nitrogens with two attached hydrogens (primary N) is 1. The van der Waals surface area contributed by atoms with Gasteiger partial charge in [0.1, 0.15) is 5.01 Å². The van der Waals surface area contributed by atoms with E-state index in [1.165, 1.54) is 11.3 Å². The molecule has 1 rings (SSSR count). The first-order chi connectivity index (χ1) is 7.76. The van der Waals surface area contributed by atoms with Crippen LogP contribution in [0.1, 0.15) is 24.3 Å². The van der Waals surface area contributed by atoms with Gasteiger partial charge in [0.25, 0.3) is 0 Å². The monoisotopic (exact) mass is 245 g/mol. The van der Waals surface area contributed by atoms with Gasteiger partial charge in [-0.1, -0.05) is 11.3 Å². The predicted molar refractivity (Wildman–Crippen MR) is 65.0 cm³/mol. The molecule has 0 amide bonds. The van der Waals surface area contributed by atoms with E-state index in [1.807, 2.05) is 0 Å². The van der Waals surface area contributed by atoms with Crippen molar-refractivity contribution >= 4 is 16.5 Å². The third-order valence-electron chi connectivity index (χ3n) is 2.19. The topological polar surface area (TPSA) is 87.3 Å². The molecule has 4 N–H and O–H groups in total. The molecule has 92 valence electrons. The van der Waals surface area contributed by atoms with E-state index in [4.69, 9.17) is 10.9 Å². The normalized spacial score (nSPS) is 11.0. The van der Waals surface area contributed by atoms with Gasteiger partial charge in [-0.3, -0.25) is 10.3 Å². The zero-order valence-corrected chi connectivity index (χ0v) is 10.3. The molecule has 0 aliphatic rings. The molecule has 0 unspecified atom stereocenters. The lowest BCUT2D eigenvalue weighted by Gasteiger charge is -2.13. The van der Waals surface area contributed by atoms with E-state index in [-0.39, 0.29) is 6.61 Å². The molecule has 0 spiro atoms. The molecule has 0 saturated carbocycles. The fraction of sp³-hybridized carbons (Fsp3) is 0.778. The first-order valence-electron chi connectivity index (χ1n) is 5.34. The molecule has 0 radical (unpaired) electrons. The summed E-state index contributed by atoms with van der Waals surface area (Å²) in [4.78, 5) is 2.19. The van der Waals surface area contributed by atoms with Crippen molar-refractivity contribution in [1.82, 2.24) is 15.1 Å². The van der Waals surface area contributed by atoms with Crippen LogP contribution in [0, 0.1) is 0 Å². The molecular weight excluding hydrogens is 226 g/mol. The Morgan fingerprint density at radius 3 is 2.81 bits per heavy atom. The maximum absolute atomic E-state index is 8.65. The summed E-state index contributed by atoms with van der Waals surface area (Å²) in [6.45, 7) is 2.08. The Labute approximate surface area is 99.4 Å². The number of nitrogens with one attached hydrogen (secondary N) is 1. The third kappa shape index (κ3) is 4.84. The van der Waals surface area contributed by atoms with Crippen molar-refractivity contribution in [3.8, 4) is 0 Å². The number of rotatable bonds is 8. The summed E-state index contributed by atoms with van der Waals surface area (Å²) in [5.41, 5.74) is 2.48. The number of aliphatic hydroxyl groups excluding tert-OH is 1. The maximum Gasteiger partial charge on any atom is 0.219 e. The highest BCUT2D eigenvalue weighted by molar-refractivity contribution is 7.15. The number of nitrogens with zero attached hydrogens (tertiary/aromatic N) is 3. The highest BCUT2D eigenvalue weighted by Gasteiger charge is 2.05. The van der Waals surface area contributed by atoms with Crippen LogP contribution in [0.5, 0.6) is 0 Å². The Morgan fingerprint density at radius 1 is 1.38 bits per heavy atom. The number of aromatic nitrogens is 2. The number of hydrazine groups is 1. The summed E-state index contributed by atoms with van der Waals surface area (Å²) in [7, 11) is 2.05. The SMILES string of the molecule is CN(CCCCCO)Cc1nnc(NN)s1. The van der Waals surface area contributed by atoms with Crippen molar-refractivity contribution in [3.63, 3.8) is 0 Å². The quantitative estimate of drug-likeness (QED) is 0.349. The molecule has 0 saturated heterocycles. The van der Waals surface area contributed by atoms with Gasteiger partial charge >= 0.3 is 0 Å². The predicted octanol–water partition coefficient (Wildman–Crippen LogP) is 0.418. The van der Waals surface area contributed by atoms with Crippen LogP contribution >= 0.6 is 11.3 Å². The van der Waals surface area contributed by atoms with Gasteiger partial charge in [-0.15, -0.1) is 10.2 Å². The second kappa shape index (κ2) is 7.50. The molecule has 7 heteroatoms. The van der Waals surface area contributed by atoms with Crippen LogP contribution in [0.25, 0.3) is 0 Å². The molecule has 0 aromatic carbocycles. The minimum Gasteiger partial charge on any atom is -0.396 e. The molecule has 0 bridgehead atoms. The Kier molecular flexibility index (Phi) is 6.24. The standard InChI is InChI=1S/C9H19N5OS/c1-14(5-3-2-4-6-15)7-8-12-13-9(11-10)16-8/h15H,2-7,10H2,1H3,(H,11,13). The molecule has 1 heterocycles. The Hall–Kier alpha value is -0.760. The first-order valence-corrected chi connectivity index (χ1v) is 6.16. The summed E-state index contributed by atoms with van der Waals surface area (Å²) in [6.07, 6.45) is 3.04. The van der Waals surface area contributed by atoms with Gasteiger partial charge in [0.05, 0.1) is 6.54 Å². The summed E-state index contributed by atoms with van der Waals surface area (Å²) >= 11 is 1.46. The van der Waals surface area contributed by atoms with Crippen LogP contribution in [0.3, 0.4) is 0 Å². The molecule has 0 fully saturated rings. The van der Waals surface area contributed by atoms with Crippen LogP contribution in [0.4, 0.5) is 5.13 Å². The van der Waals surface area contributed by atoms with Gasteiger partial charge in [0.2, 0.25) is 5.13 Å². The highest BCUT2D eigenvalue weighted by atomic mass is 32.1. The Morgan fingerprint density at radius 2 is 2.19 bits per heavy atom. The number of hydrogen-bond acceptors (Lipinski definition) is 7. The molecule has 0 aliphatic carbocycles. The Balaban J connectivity index is 2.20. The second-order valence-corrected chi connectivity index (χ2v) is 4.73. The number of aliphatic hydroxyl groups is 1. The van der Waals surface area contributed by atoms with Gasteiger partial charge in [0.15, 0.2) is 0 Å². The van der Waals surface area contributed by atoms with Crippen molar-refractivity contribution < 1.29 is 5.11 Å². The van der Waals surface area contributed by atoms with Crippen LogP contribution in [-0.4, -0.2) is 40.4 Å². The lowest BCUT2D eigenvalue weighted by Crippen LogP contribution is -2.19. The van der Waals surface area contributed by atoms with E-state index in [9.17, 15) is 0 Å². The van der Waals surface area contributed by atoms with Crippen LogP contribution in [0.15, 0.2) is 0 Å². The molecule has 16 heavy (non-hydrogen) atoms. The third-order valence-corrected chi connectivity index (χ3v) is 3.03. The number of anilines is 1. The molecule has 0 aliphatic heterocycles. The van der Waals surface area contributed by atoms with Crippen LogP contribution < -0.4 is 11.3 Å². The molecule has 0 atom stereocenters.